The van der Waals surface area contributed by atoms with Crippen LogP contribution in [0.1, 0.15) is 106 Å². The smallest absolute Gasteiger partial charge is 0.408 e. The maximum absolute atomic E-state index is 14.3. The molecule has 12 heteroatoms. The van der Waals surface area contributed by atoms with Crippen molar-refractivity contribution in [2.24, 2.45) is 17.8 Å². The van der Waals surface area contributed by atoms with Gasteiger partial charge in [0.2, 0.25) is 17.6 Å². The first kappa shape index (κ1) is 40.5. The molecule has 1 aliphatic heterocycles. The van der Waals surface area contributed by atoms with Crippen LogP contribution in [0, 0.1) is 17.8 Å². The van der Waals surface area contributed by atoms with Gasteiger partial charge in [0.05, 0.1) is 12.5 Å². The highest BCUT2D eigenvalue weighted by Gasteiger charge is 2.47. The molecule has 1 saturated carbocycles. The lowest BCUT2D eigenvalue weighted by atomic mass is 9.83. The van der Waals surface area contributed by atoms with E-state index >= 15 is 0 Å². The van der Waals surface area contributed by atoms with Gasteiger partial charge in [-0.25, -0.2) is 4.79 Å². The summed E-state index contributed by atoms with van der Waals surface area (Å²) >= 11 is 0. The van der Waals surface area contributed by atoms with E-state index in [4.69, 9.17) is 9.47 Å². The fourth-order valence-electron chi connectivity index (χ4n) is 6.28. The Kier molecular flexibility index (Phi) is 15.3. The van der Waals surface area contributed by atoms with Crippen LogP contribution in [0.3, 0.4) is 0 Å². The first-order chi connectivity index (χ1) is 22.4. The highest BCUT2D eigenvalue weighted by molar-refractivity contribution is 6.38. The second-order valence-corrected chi connectivity index (χ2v) is 14.8. The lowest BCUT2D eigenvalue weighted by molar-refractivity contribution is -0.152. The highest BCUT2D eigenvalue weighted by Crippen LogP contribution is 2.34. The number of carbonyl (C=O) groups is 6. The molecule has 12 nitrogen and oxygen atoms in total. The fourth-order valence-corrected chi connectivity index (χ4v) is 6.28. The lowest BCUT2D eigenvalue weighted by Crippen LogP contribution is -2.59. The number of rotatable bonds is 16. The third kappa shape index (κ3) is 12.4. The number of likely N-dealkylation sites (tertiary alicyclic amines) is 1. The van der Waals surface area contributed by atoms with Crippen LogP contribution in [0.2, 0.25) is 0 Å². The average Bonchev–Trinajstić information content (AvgIpc) is 3.46. The summed E-state index contributed by atoms with van der Waals surface area (Å²) in [5.74, 6) is -3.56. The van der Waals surface area contributed by atoms with Gasteiger partial charge in [-0.3, -0.25) is 24.0 Å². The molecule has 4 amide bonds. The minimum atomic E-state index is -1.18. The standard InChI is InChI=1S/C36H58N4O8/c1-10-12-18-26(30(42)32(44)37-21-19-27(41)47-36(8,9)11-2)38-31(43)29-25(23(3)4)20-22-40(29)33(45)28(24-16-14-13-15-17-24)39-34(46)48-35(5,6)7/h10-11,23-26,28-29H,1-2,12-22H2,3-9H3,(H,37,44)(H,38,43)(H,39,46)/t25?,26?,28-,29-/m0/s1. The molecule has 4 atom stereocenters. The minimum Gasteiger partial charge on any atom is -0.455 e. The summed E-state index contributed by atoms with van der Waals surface area (Å²) in [6.45, 7) is 20.0. The van der Waals surface area contributed by atoms with Crippen LogP contribution in [-0.4, -0.2) is 82.9 Å². The van der Waals surface area contributed by atoms with Crippen LogP contribution in [-0.2, 0) is 33.4 Å². The molecule has 1 aliphatic carbocycles. The number of ketones is 1. The molecule has 1 heterocycles. The molecule has 0 aromatic rings. The molecule has 3 N–H and O–H groups in total. The van der Waals surface area contributed by atoms with Gasteiger partial charge < -0.3 is 30.3 Å². The van der Waals surface area contributed by atoms with Crippen molar-refractivity contribution >= 4 is 35.6 Å². The normalized spacial score (nSPS) is 19.9. The van der Waals surface area contributed by atoms with Crippen LogP contribution in [0.25, 0.3) is 0 Å². The molecule has 0 aromatic carbocycles. The van der Waals surface area contributed by atoms with Crippen molar-refractivity contribution in [2.45, 2.75) is 136 Å². The summed E-state index contributed by atoms with van der Waals surface area (Å²) in [5.41, 5.74) is -1.63. The summed E-state index contributed by atoms with van der Waals surface area (Å²) in [6.07, 6.45) is 7.71. The Bertz CT molecular complexity index is 1180. The fraction of sp³-hybridized carbons (Fsp3) is 0.722. The van der Waals surface area contributed by atoms with Crippen LogP contribution in [0.15, 0.2) is 25.3 Å². The molecular weight excluding hydrogens is 616 g/mol. The predicted molar refractivity (Wildman–Crippen MR) is 183 cm³/mol. The predicted octanol–water partition coefficient (Wildman–Crippen LogP) is 4.37. The Morgan fingerprint density at radius 2 is 1.56 bits per heavy atom. The molecule has 2 fully saturated rings. The zero-order valence-electron chi connectivity index (χ0n) is 30.0. The Balaban J connectivity index is 2.25. The zero-order valence-corrected chi connectivity index (χ0v) is 30.0. The Morgan fingerprint density at radius 1 is 0.917 bits per heavy atom. The first-order valence-electron chi connectivity index (χ1n) is 17.3. The largest absolute Gasteiger partial charge is 0.455 e. The number of esters is 1. The molecule has 0 spiro atoms. The van der Waals surface area contributed by atoms with E-state index in [1.54, 1.807) is 40.7 Å². The number of hydrogen-bond acceptors (Lipinski definition) is 8. The molecule has 2 aliphatic rings. The summed E-state index contributed by atoms with van der Waals surface area (Å²) in [4.78, 5) is 81.1. The number of carbonyl (C=O) groups excluding carboxylic acids is 6. The van der Waals surface area contributed by atoms with E-state index in [1.165, 1.54) is 11.0 Å². The molecule has 0 radical (unpaired) electrons. The Hall–Kier alpha value is -3.70. The molecule has 2 rings (SSSR count). The number of allylic oxidation sites excluding steroid dienone is 1. The van der Waals surface area contributed by atoms with Crippen molar-refractivity contribution in [3.63, 3.8) is 0 Å². The number of Topliss-reactive ketones (excluding diaryl/α,β-unsaturated/α-hetero) is 1. The van der Waals surface area contributed by atoms with E-state index in [2.05, 4.69) is 29.1 Å². The molecule has 270 valence electrons. The first-order valence-corrected chi connectivity index (χ1v) is 17.3. The van der Waals surface area contributed by atoms with Crippen LogP contribution in [0.4, 0.5) is 4.79 Å². The van der Waals surface area contributed by atoms with Gasteiger partial charge in [0.25, 0.3) is 5.91 Å². The minimum absolute atomic E-state index is 0.0296. The molecule has 48 heavy (non-hydrogen) atoms. The van der Waals surface area contributed by atoms with Gasteiger partial charge in [-0.1, -0.05) is 45.8 Å². The lowest BCUT2D eigenvalue weighted by Gasteiger charge is -2.36. The van der Waals surface area contributed by atoms with Crippen molar-refractivity contribution in [3.05, 3.63) is 25.3 Å². The van der Waals surface area contributed by atoms with Crippen molar-refractivity contribution < 1.29 is 38.2 Å². The maximum atomic E-state index is 14.3. The topological polar surface area (TPSA) is 160 Å². The Morgan fingerprint density at radius 3 is 2.12 bits per heavy atom. The summed E-state index contributed by atoms with van der Waals surface area (Å²) < 4.78 is 10.8. The van der Waals surface area contributed by atoms with Gasteiger partial charge in [0, 0.05) is 13.1 Å². The SMILES string of the molecule is C=CCCC(NC(=O)[C@@H]1C(C(C)C)CCN1C(=O)[C@@H](NC(=O)OC(C)(C)C)C1CCCCC1)C(=O)C(=O)NCCC(=O)OC(C)(C)C=C. The van der Waals surface area contributed by atoms with Gasteiger partial charge in [0.1, 0.15) is 23.3 Å². The van der Waals surface area contributed by atoms with Crippen molar-refractivity contribution in [1.82, 2.24) is 20.9 Å². The Labute approximate surface area is 286 Å². The summed E-state index contributed by atoms with van der Waals surface area (Å²) in [5, 5.41) is 8.04. The number of hydrogen-bond donors (Lipinski definition) is 3. The van der Waals surface area contributed by atoms with E-state index < -0.39 is 59.0 Å². The van der Waals surface area contributed by atoms with Gasteiger partial charge >= 0.3 is 12.1 Å². The van der Waals surface area contributed by atoms with Gasteiger partial charge in [-0.05, 0) is 90.6 Å². The van der Waals surface area contributed by atoms with Crippen molar-refractivity contribution in [2.75, 3.05) is 13.1 Å². The van der Waals surface area contributed by atoms with E-state index in [-0.39, 0.29) is 43.0 Å². The maximum Gasteiger partial charge on any atom is 0.408 e. The third-order valence-corrected chi connectivity index (χ3v) is 8.91. The quantitative estimate of drug-likeness (QED) is 0.124. The van der Waals surface area contributed by atoms with Crippen molar-refractivity contribution in [1.29, 1.82) is 0 Å². The molecule has 1 saturated heterocycles. The molecule has 2 unspecified atom stereocenters. The monoisotopic (exact) mass is 674 g/mol. The second kappa shape index (κ2) is 18.2. The van der Waals surface area contributed by atoms with E-state index in [9.17, 15) is 28.8 Å². The van der Waals surface area contributed by atoms with Gasteiger partial charge in [-0.15, -0.1) is 6.58 Å². The number of nitrogens with one attached hydrogen (secondary N) is 3. The van der Waals surface area contributed by atoms with Crippen LogP contribution >= 0.6 is 0 Å². The highest BCUT2D eigenvalue weighted by atomic mass is 16.6. The van der Waals surface area contributed by atoms with E-state index in [0.717, 1.165) is 32.1 Å². The van der Waals surface area contributed by atoms with Crippen LogP contribution < -0.4 is 16.0 Å². The summed E-state index contributed by atoms with van der Waals surface area (Å²) in [6, 6.07) is -2.95. The van der Waals surface area contributed by atoms with E-state index in [0.29, 0.717) is 19.4 Å². The van der Waals surface area contributed by atoms with Crippen molar-refractivity contribution in [3.8, 4) is 0 Å². The molecule has 0 bridgehead atoms. The van der Waals surface area contributed by atoms with E-state index in [1.807, 2.05) is 13.8 Å². The number of amides is 4. The summed E-state index contributed by atoms with van der Waals surface area (Å²) in [7, 11) is 0. The number of nitrogens with zero attached hydrogens (tertiary/aromatic N) is 1. The third-order valence-electron chi connectivity index (χ3n) is 8.91. The number of ether oxygens (including phenoxy) is 2. The average molecular weight is 675 g/mol. The zero-order chi connectivity index (χ0) is 36.2. The molecular formula is C36H58N4O8. The second-order valence-electron chi connectivity index (χ2n) is 14.8. The van der Waals surface area contributed by atoms with Gasteiger partial charge in [0.15, 0.2) is 0 Å². The van der Waals surface area contributed by atoms with Gasteiger partial charge in [-0.2, -0.15) is 0 Å². The number of alkyl carbamates (subject to hydrolysis) is 1. The van der Waals surface area contributed by atoms with Crippen LogP contribution in [0.5, 0.6) is 0 Å². The molecule has 0 aromatic heterocycles.